The number of nitrogens with zero attached hydrogens (tertiary/aromatic N) is 2. The normalized spacial score (nSPS) is 14.3. The van der Waals surface area contributed by atoms with Gasteiger partial charge in [0.1, 0.15) is 23.3 Å². The number of benzene rings is 3. The molecule has 0 aliphatic carbocycles. The van der Waals surface area contributed by atoms with Crippen LogP contribution in [0, 0.1) is 0 Å². The minimum atomic E-state index is -1.38. The van der Waals surface area contributed by atoms with Crippen LogP contribution in [0.5, 0.6) is 17.2 Å². The molecule has 13 nitrogen and oxygen atoms in total. The van der Waals surface area contributed by atoms with Crippen molar-refractivity contribution < 1.29 is 42.9 Å². The van der Waals surface area contributed by atoms with Gasteiger partial charge in [-0.15, -0.1) is 0 Å². The zero-order chi connectivity index (χ0) is 30.4. The fourth-order valence-electron chi connectivity index (χ4n) is 4.18. The number of amides is 5. The van der Waals surface area contributed by atoms with E-state index in [-0.39, 0.29) is 16.8 Å². The number of esters is 1. The summed E-state index contributed by atoms with van der Waals surface area (Å²) in [7, 11) is 5.57. The zero-order valence-electron chi connectivity index (χ0n) is 23.2. The van der Waals surface area contributed by atoms with Crippen LogP contribution in [0.4, 0.5) is 16.2 Å². The molecule has 0 radical (unpaired) electrons. The first-order valence-electron chi connectivity index (χ1n) is 12.5. The van der Waals surface area contributed by atoms with Gasteiger partial charge in [-0.05, 0) is 60.7 Å². The molecule has 0 aromatic heterocycles. The Morgan fingerprint density at radius 3 is 1.90 bits per heavy atom. The molecule has 1 atom stereocenters. The van der Waals surface area contributed by atoms with Crippen molar-refractivity contribution in [3.05, 3.63) is 77.9 Å². The lowest BCUT2D eigenvalue weighted by molar-refractivity contribution is -0.124. The fraction of sp³-hybridized carbons (Fsp3) is 0.207. The van der Waals surface area contributed by atoms with Crippen LogP contribution >= 0.6 is 0 Å². The summed E-state index contributed by atoms with van der Waals surface area (Å²) in [6.45, 7) is 0. The molecule has 0 saturated carbocycles. The van der Waals surface area contributed by atoms with Gasteiger partial charge in [0.2, 0.25) is 5.91 Å². The Labute approximate surface area is 240 Å². The first-order chi connectivity index (χ1) is 20.2. The summed E-state index contributed by atoms with van der Waals surface area (Å²) in [6.07, 6.45) is -0.488. The summed E-state index contributed by atoms with van der Waals surface area (Å²) in [5.41, 5.74) is 3.39. The van der Waals surface area contributed by atoms with Crippen molar-refractivity contribution in [1.82, 2.24) is 10.4 Å². The van der Waals surface area contributed by atoms with Crippen molar-refractivity contribution in [2.24, 2.45) is 0 Å². The highest BCUT2D eigenvalue weighted by atomic mass is 16.5. The van der Waals surface area contributed by atoms with E-state index in [4.69, 9.17) is 14.2 Å². The number of methoxy groups -OCH3 is 4. The quantitative estimate of drug-likeness (QED) is 0.274. The minimum absolute atomic E-state index is 0.0863. The molecule has 3 aromatic rings. The number of urea groups is 1. The van der Waals surface area contributed by atoms with Crippen LogP contribution in [-0.2, 0) is 14.3 Å². The second-order valence-electron chi connectivity index (χ2n) is 8.90. The monoisotopic (exact) mass is 576 g/mol. The number of carbonyl (C=O) groups is 5. The first-order valence-corrected chi connectivity index (χ1v) is 12.5. The van der Waals surface area contributed by atoms with Gasteiger partial charge in [-0.25, -0.2) is 19.5 Å². The fourth-order valence-corrected chi connectivity index (χ4v) is 4.18. The number of ether oxygens (including phenoxy) is 4. The smallest absolute Gasteiger partial charge is 0.350 e. The van der Waals surface area contributed by atoms with Crippen molar-refractivity contribution in [3.63, 3.8) is 0 Å². The van der Waals surface area contributed by atoms with Crippen molar-refractivity contribution in [2.75, 3.05) is 38.7 Å². The largest absolute Gasteiger partial charge is 0.497 e. The lowest BCUT2D eigenvalue weighted by Gasteiger charge is -2.22. The summed E-state index contributed by atoms with van der Waals surface area (Å²) in [6, 6.07) is 14.2. The molecular formula is C29H28N4O9. The number of hydrazine groups is 1. The number of rotatable bonds is 10. The van der Waals surface area contributed by atoms with E-state index in [0.29, 0.717) is 22.9 Å². The Morgan fingerprint density at radius 1 is 0.762 bits per heavy atom. The second-order valence-corrected chi connectivity index (χ2v) is 8.90. The first kappa shape index (κ1) is 29.4. The molecule has 218 valence electrons. The molecule has 13 heteroatoms. The molecular weight excluding hydrogens is 548 g/mol. The summed E-state index contributed by atoms with van der Waals surface area (Å²) in [5, 5.41) is 3.45. The lowest BCUT2D eigenvalue weighted by atomic mass is 10.1. The summed E-state index contributed by atoms with van der Waals surface area (Å²) in [4.78, 5) is 65.9. The number of hydrogen-bond acceptors (Lipinski definition) is 9. The molecule has 1 fully saturated rings. The molecule has 42 heavy (non-hydrogen) atoms. The number of anilines is 2. The third kappa shape index (κ3) is 6.25. The van der Waals surface area contributed by atoms with E-state index >= 15 is 0 Å². The average molecular weight is 577 g/mol. The molecule has 3 aromatic carbocycles. The topological polar surface area (TPSA) is 153 Å². The van der Waals surface area contributed by atoms with Crippen LogP contribution in [-0.4, -0.2) is 69.2 Å². The van der Waals surface area contributed by atoms with Crippen LogP contribution in [0.1, 0.15) is 27.1 Å². The van der Waals surface area contributed by atoms with E-state index in [1.54, 1.807) is 18.2 Å². The van der Waals surface area contributed by atoms with E-state index in [0.717, 1.165) is 9.91 Å². The van der Waals surface area contributed by atoms with Crippen molar-refractivity contribution >= 4 is 41.1 Å². The number of carbonyl (C=O) groups excluding carboxylic acids is 5. The highest BCUT2D eigenvalue weighted by molar-refractivity contribution is 6.22. The van der Waals surface area contributed by atoms with Gasteiger partial charge in [0.05, 0.1) is 46.1 Å². The van der Waals surface area contributed by atoms with Gasteiger partial charge in [-0.3, -0.25) is 19.8 Å². The standard InChI is InChI=1S/C29H28N4O9/c1-39-21-11-9-20(10-12-21)32-27(36)24(16-25(34)30-19-7-5-17(6-8-19)28(37)42-4)33(29(32)38)31-26(35)18-13-22(40-2)15-23(14-18)41-3/h5-15,24H,16H2,1-4H3,(H,30,34)(H,31,35)/t24-/m0/s1. The van der Waals surface area contributed by atoms with Crippen molar-refractivity contribution in [3.8, 4) is 17.2 Å². The Balaban J connectivity index is 1.60. The zero-order valence-corrected chi connectivity index (χ0v) is 23.2. The average Bonchev–Trinajstić information content (AvgIpc) is 3.24. The van der Waals surface area contributed by atoms with Crippen LogP contribution in [0.2, 0.25) is 0 Å². The molecule has 0 spiro atoms. The maximum Gasteiger partial charge on any atom is 0.350 e. The molecule has 5 amide bonds. The number of nitrogens with one attached hydrogen (secondary N) is 2. The van der Waals surface area contributed by atoms with Gasteiger partial charge >= 0.3 is 12.0 Å². The van der Waals surface area contributed by atoms with Gasteiger partial charge in [0.15, 0.2) is 0 Å². The van der Waals surface area contributed by atoms with Gasteiger partial charge < -0.3 is 24.3 Å². The Hall–Kier alpha value is -5.59. The van der Waals surface area contributed by atoms with Crippen LogP contribution < -0.4 is 29.9 Å². The Bertz CT molecular complexity index is 1480. The van der Waals surface area contributed by atoms with Crippen LogP contribution in [0.15, 0.2) is 66.7 Å². The molecule has 4 rings (SSSR count). The number of hydrogen-bond donors (Lipinski definition) is 2. The van der Waals surface area contributed by atoms with E-state index in [9.17, 15) is 24.0 Å². The van der Waals surface area contributed by atoms with Crippen LogP contribution in [0.25, 0.3) is 0 Å². The SMILES string of the molecule is COC(=O)c1ccc(NC(=O)C[C@H]2C(=O)N(c3ccc(OC)cc3)C(=O)N2NC(=O)c2cc(OC)cc(OC)c2)cc1. The highest BCUT2D eigenvalue weighted by Crippen LogP contribution is 2.29. The lowest BCUT2D eigenvalue weighted by Crippen LogP contribution is -2.49. The van der Waals surface area contributed by atoms with E-state index in [1.165, 1.54) is 77.0 Å². The third-order valence-electron chi connectivity index (χ3n) is 6.35. The minimum Gasteiger partial charge on any atom is -0.497 e. The second kappa shape index (κ2) is 12.7. The van der Waals surface area contributed by atoms with Crippen LogP contribution in [0.3, 0.4) is 0 Å². The predicted octanol–water partition coefficient (Wildman–Crippen LogP) is 3.01. The van der Waals surface area contributed by atoms with Gasteiger partial charge in [-0.1, -0.05) is 0 Å². The summed E-state index contributed by atoms with van der Waals surface area (Å²) in [5.74, 6) is -1.47. The molecule has 0 unspecified atom stereocenters. The number of imide groups is 1. The molecule has 1 aliphatic rings. The molecule has 1 saturated heterocycles. The summed E-state index contributed by atoms with van der Waals surface area (Å²) >= 11 is 0. The van der Waals surface area contributed by atoms with E-state index < -0.39 is 42.2 Å². The van der Waals surface area contributed by atoms with Gasteiger partial charge in [-0.2, -0.15) is 0 Å². The third-order valence-corrected chi connectivity index (χ3v) is 6.35. The molecule has 2 N–H and O–H groups in total. The van der Waals surface area contributed by atoms with Gasteiger partial charge in [0, 0.05) is 17.3 Å². The van der Waals surface area contributed by atoms with E-state index in [1.807, 2.05) is 0 Å². The van der Waals surface area contributed by atoms with Crippen molar-refractivity contribution in [2.45, 2.75) is 12.5 Å². The predicted molar refractivity (Wildman–Crippen MR) is 150 cm³/mol. The molecule has 0 bridgehead atoms. The Kier molecular flexibility index (Phi) is 8.90. The van der Waals surface area contributed by atoms with Gasteiger partial charge in [0.25, 0.3) is 11.8 Å². The van der Waals surface area contributed by atoms with Crippen molar-refractivity contribution in [1.29, 1.82) is 0 Å². The molecule has 1 aliphatic heterocycles. The maximum absolute atomic E-state index is 13.6. The molecule has 1 heterocycles. The maximum atomic E-state index is 13.6. The summed E-state index contributed by atoms with van der Waals surface area (Å²) < 4.78 is 20.2. The Morgan fingerprint density at radius 2 is 1.36 bits per heavy atom. The highest BCUT2D eigenvalue weighted by Gasteiger charge is 2.48. The van der Waals surface area contributed by atoms with E-state index in [2.05, 4.69) is 15.5 Å².